The van der Waals surface area contributed by atoms with Crippen LogP contribution in [-0.4, -0.2) is 36.9 Å². The average Bonchev–Trinajstić information content (AvgIpc) is 3.39. The van der Waals surface area contributed by atoms with E-state index in [0.717, 1.165) is 5.56 Å². The van der Waals surface area contributed by atoms with E-state index in [9.17, 15) is 4.79 Å². The predicted octanol–water partition coefficient (Wildman–Crippen LogP) is 3.68. The summed E-state index contributed by atoms with van der Waals surface area (Å²) in [7, 11) is 3.17. The number of methoxy groups -OCH3 is 2. The van der Waals surface area contributed by atoms with Crippen molar-refractivity contribution in [3.05, 3.63) is 54.1 Å². The van der Waals surface area contributed by atoms with Gasteiger partial charge < -0.3 is 28.6 Å². The Hall–Kier alpha value is -3.42. The van der Waals surface area contributed by atoms with Crippen LogP contribution in [0.15, 0.2) is 51.6 Å². The Morgan fingerprint density at radius 1 is 1.18 bits per heavy atom. The minimum absolute atomic E-state index is 0.203. The highest BCUT2D eigenvalue weighted by molar-refractivity contribution is 5.74. The second kappa shape index (κ2) is 8.98. The Kier molecular flexibility index (Phi) is 6.21. The molecule has 3 aromatic rings. The zero-order chi connectivity index (χ0) is 19.9. The molecule has 0 aliphatic rings. The van der Waals surface area contributed by atoms with Crippen molar-refractivity contribution in [1.82, 2.24) is 15.4 Å². The molecule has 0 atom stereocenters. The first-order valence-electron chi connectivity index (χ1n) is 8.87. The van der Waals surface area contributed by atoms with Crippen LogP contribution in [0.25, 0.3) is 11.3 Å². The first kappa shape index (κ1) is 19.3. The summed E-state index contributed by atoms with van der Waals surface area (Å²) in [5.74, 6) is 2.52. The van der Waals surface area contributed by atoms with Gasteiger partial charge >= 0.3 is 6.03 Å². The van der Waals surface area contributed by atoms with Crippen molar-refractivity contribution >= 4 is 6.03 Å². The van der Waals surface area contributed by atoms with Crippen molar-refractivity contribution in [2.45, 2.75) is 20.0 Å². The third-order valence-electron chi connectivity index (χ3n) is 4.13. The number of hydrogen-bond donors (Lipinski definition) is 1. The highest BCUT2D eigenvalue weighted by Gasteiger charge is 2.19. The monoisotopic (exact) mass is 385 g/mol. The fourth-order valence-corrected chi connectivity index (χ4v) is 2.76. The third kappa shape index (κ3) is 4.46. The summed E-state index contributed by atoms with van der Waals surface area (Å²) < 4.78 is 21.5. The molecule has 2 heterocycles. The fourth-order valence-electron chi connectivity index (χ4n) is 2.76. The van der Waals surface area contributed by atoms with Gasteiger partial charge in [-0.3, -0.25) is 0 Å². The molecule has 0 unspecified atom stereocenters. The molecule has 2 amide bonds. The predicted molar refractivity (Wildman–Crippen MR) is 102 cm³/mol. The van der Waals surface area contributed by atoms with Gasteiger partial charge in [-0.2, -0.15) is 0 Å². The number of aromatic nitrogens is 1. The highest BCUT2D eigenvalue weighted by atomic mass is 16.5. The van der Waals surface area contributed by atoms with Crippen LogP contribution in [0, 0.1) is 0 Å². The van der Waals surface area contributed by atoms with E-state index in [4.69, 9.17) is 18.4 Å². The normalized spacial score (nSPS) is 10.5. The minimum atomic E-state index is -0.203. The van der Waals surface area contributed by atoms with Gasteiger partial charge in [-0.15, -0.1) is 0 Å². The van der Waals surface area contributed by atoms with E-state index in [1.807, 2.05) is 25.1 Å². The van der Waals surface area contributed by atoms with Crippen molar-refractivity contribution in [2.24, 2.45) is 0 Å². The molecule has 1 N–H and O–H groups in total. The Morgan fingerprint density at radius 2 is 2.04 bits per heavy atom. The lowest BCUT2D eigenvalue weighted by atomic mass is 10.1. The average molecular weight is 385 g/mol. The molecule has 8 nitrogen and oxygen atoms in total. The van der Waals surface area contributed by atoms with E-state index in [1.165, 1.54) is 0 Å². The van der Waals surface area contributed by atoms with E-state index >= 15 is 0 Å². The first-order valence-corrected chi connectivity index (χ1v) is 8.87. The summed E-state index contributed by atoms with van der Waals surface area (Å²) >= 11 is 0. The van der Waals surface area contributed by atoms with Gasteiger partial charge in [-0.05, 0) is 31.2 Å². The molecule has 28 heavy (non-hydrogen) atoms. The van der Waals surface area contributed by atoms with Gasteiger partial charge in [0.2, 0.25) is 0 Å². The number of nitrogens with one attached hydrogen (secondary N) is 1. The van der Waals surface area contributed by atoms with E-state index in [1.54, 1.807) is 43.6 Å². The number of carbonyl (C=O) groups excluding carboxylic acids is 1. The molecular weight excluding hydrogens is 362 g/mol. The zero-order valence-corrected chi connectivity index (χ0v) is 16.1. The minimum Gasteiger partial charge on any atom is -0.497 e. The number of carbonyl (C=O) groups is 1. The molecule has 2 aromatic heterocycles. The third-order valence-corrected chi connectivity index (χ3v) is 4.13. The number of hydrogen-bond acceptors (Lipinski definition) is 6. The van der Waals surface area contributed by atoms with Gasteiger partial charge in [0, 0.05) is 18.7 Å². The fraction of sp³-hybridized carbons (Fsp3) is 0.300. The van der Waals surface area contributed by atoms with Gasteiger partial charge in [0.15, 0.2) is 5.76 Å². The number of urea groups is 1. The van der Waals surface area contributed by atoms with Crippen LogP contribution in [0.5, 0.6) is 11.5 Å². The molecule has 0 aliphatic carbocycles. The maximum atomic E-state index is 12.4. The number of rotatable bonds is 8. The van der Waals surface area contributed by atoms with Crippen LogP contribution in [0.4, 0.5) is 4.79 Å². The van der Waals surface area contributed by atoms with Crippen LogP contribution < -0.4 is 14.8 Å². The van der Waals surface area contributed by atoms with Crippen molar-refractivity contribution in [2.75, 3.05) is 20.8 Å². The highest BCUT2D eigenvalue weighted by Crippen LogP contribution is 2.33. The van der Waals surface area contributed by atoms with Crippen LogP contribution in [0.2, 0.25) is 0 Å². The second-order valence-corrected chi connectivity index (χ2v) is 6.02. The molecular formula is C20H23N3O5. The first-order chi connectivity index (χ1) is 13.6. The van der Waals surface area contributed by atoms with Crippen molar-refractivity contribution in [3.8, 4) is 22.8 Å². The van der Waals surface area contributed by atoms with Crippen LogP contribution in [0.1, 0.15) is 18.4 Å². The SMILES string of the molecule is CCNC(=O)N(Cc1cc(-c2ccc(OC)cc2OC)on1)Cc1ccco1. The van der Waals surface area contributed by atoms with Gasteiger partial charge in [0.05, 0.1) is 39.1 Å². The van der Waals surface area contributed by atoms with E-state index < -0.39 is 0 Å². The van der Waals surface area contributed by atoms with E-state index in [0.29, 0.717) is 41.8 Å². The molecule has 8 heteroatoms. The molecule has 0 aliphatic heterocycles. The number of benzene rings is 1. The molecule has 0 saturated carbocycles. The molecule has 0 fully saturated rings. The molecule has 0 bridgehead atoms. The lowest BCUT2D eigenvalue weighted by Crippen LogP contribution is -2.38. The van der Waals surface area contributed by atoms with Crippen molar-refractivity contribution < 1.29 is 23.2 Å². The second-order valence-electron chi connectivity index (χ2n) is 6.02. The van der Waals surface area contributed by atoms with Crippen LogP contribution in [0.3, 0.4) is 0 Å². The smallest absolute Gasteiger partial charge is 0.318 e. The van der Waals surface area contributed by atoms with Crippen molar-refractivity contribution in [1.29, 1.82) is 0 Å². The summed E-state index contributed by atoms with van der Waals surface area (Å²) in [6, 6.07) is 10.6. The van der Waals surface area contributed by atoms with Gasteiger partial charge in [-0.25, -0.2) is 4.79 Å². The quantitative estimate of drug-likeness (QED) is 0.636. The Balaban J connectivity index is 1.80. The molecule has 0 radical (unpaired) electrons. The Labute approximate surface area is 163 Å². The molecule has 148 valence electrons. The summed E-state index contributed by atoms with van der Waals surface area (Å²) in [4.78, 5) is 14.0. The molecule has 1 aromatic carbocycles. The van der Waals surface area contributed by atoms with Gasteiger partial charge in [-0.1, -0.05) is 5.16 Å². The molecule has 3 rings (SSSR count). The van der Waals surface area contributed by atoms with E-state index in [-0.39, 0.29) is 12.6 Å². The molecule has 0 spiro atoms. The number of nitrogens with zero attached hydrogens (tertiary/aromatic N) is 2. The standard InChI is InChI=1S/C20H23N3O5/c1-4-21-20(24)23(13-16-6-5-9-27-16)12-14-10-19(28-22-14)17-8-7-15(25-2)11-18(17)26-3/h5-11H,4,12-13H2,1-3H3,(H,21,24). The maximum absolute atomic E-state index is 12.4. The number of ether oxygens (including phenoxy) is 2. The van der Waals surface area contributed by atoms with Crippen LogP contribution >= 0.6 is 0 Å². The Bertz CT molecular complexity index is 904. The lowest BCUT2D eigenvalue weighted by molar-refractivity contribution is 0.186. The summed E-state index contributed by atoms with van der Waals surface area (Å²) in [6.07, 6.45) is 1.58. The summed E-state index contributed by atoms with van der Waals surface area (Å²) in [5.41, 5.74) is 1.36. The topological polar surface area (TPSA) is 90.0 Å². The zero-order valence-electron chi connectivity index (χ0n) is 16.1. The summed E-state index contributed by atoms with van der Waals surface area (Å²) in [6.45, 7) is 3.00. The van der Waals surface area contributed by atoms with Crippen molar-refractivity contribution in [3.63, 3.8) is 0 Å². The van der Waals surface area contributed by atoms with E-state index in [2.05, 4.69) is 10.5 Å². The lowest BCUT2D eigenvalue weighted by Gasteiger charge is -2.20. The molecule has 0 saturated heterocycles. The van der Waals surface area contributed by atoms with Crippen LogP contribution in [-0.2, 0) is 13.1 Å². The van der Waals surface area contributed by atoms with Gasteiger partial charge in [0.25, 0.3) is 0 Å². The largest absolute Gasteiger partial charge is 0.497 e. The van der Waals surface area contributed by atoms with Gasteiger partial charge in [0.1, 0.15) is 23.0 Å². The number of amides is 2. The number of furan rings is 1. The maximum Gasteiger partial charge on any atom is 0.318 e. The Morgan fingerprint density at radius 3 is 2.71 bits per heavy atom. The summed E-state index contributed by atoms with van der Waals surface area (Å²) in [5, 5.41) is 6.91.